The number of aromatic nitrogens is 1. The van der Waals surface area contributed by atoms with Crippen molar-refractivity contribution in [3.63, 3.8) is 0 Å². The number of nitrogens with one attached hydrogen (secondary N) is 1. The fourth-order valence-corrected chi connectivity index (χ4v) is 3.90. The summed E-state index contributed by atoms with van der Waals surface area (Å²) in [5.41, 5.74) is 4.84. The van der Waals surface area contributed by atoms with Gasteiger partial charge in [-0.1, -0.05) is 60.7 Å². The fraction of sp³-hybridized carbons (Fsp3) is 0.111. The molecule has 32 heavy (non-hydrogen) atoms. The van der Waals surface area contributed by atoms with Crippen molar-refractivity contribution in [2.24, 2.45) is 0 Å². The first-order chi connectivity index (χ1) is 15.6. The number of hydrogen-bond acceptors (Lipinski definition) is 4. The lowest BCUT2D eigenvalue weighted by Crippen LogP contribution is -2.21. The van der Waals surface area contributed by atoms with Crippen LogP contribution in [0.15, 0.2) is 83.3 Å². The number of oxazole rings is 1. The Bertz CT molecular complexity index is 1430. The number of para-hydroxylation sites is 2. The lowest BCUT2D eigenvalue weighted by atomic mass is 10.1. The highest BCUT2D eigenvalue weighted by Gasteiger charge is 2.16. The minimum Gasteiger partial charge on any atom is -0.483 e. The van der Waals surface area contributed by atoms with Gasteiger partial charge < -0.3 is 14.5 Å². The average Bonchev–Trinajstić information content (AvgIpc) is 3.24. The van der Waals surface area contributed by atoms with Gasteiger partial charge in [-0.25, -0.2) is 4.98 Å². The van der Waals surface area contributed by atoms with Gasteiger partial charge in [0.25, 0.3) is 5.91 Å². The molecule has 5 rings (SSSR count). The first-order valence-corrected chi connectivity index (χ1v) is 10.5. The Balaban J connectivity index is 1.42. The van der Waals surface area contributed by atoms with Crippen molar-refractivity contribution in [2.45, 2.75) is 13.8 Å². The molecule has 1 amide bonds. The molecule has 1 aromatic heterocycles. The summed E-state index contributed by atoms with van der Waals surface area (Å²) in [4.78, 5) is 17.3. The lowest BCUT2D eigenvalue weighted by Gasteiger charge is -2.13. The number of ether oxygens (including phenoxy) is 1. The molecule has 0 fully saturated rings. The van der Waals surface area contributed by atoms with Gasteiger partial charge >= 0.3 is 0 Å². The molecule has 0 aliphatic heterocycles. The van der Waals surface area contributed by atoms with E-state index >= 15 is 0 Å². The molecule has 5 aromatic rings. The van der Waals surface area contributed by atoms with Crippen LogP contribution in [0.2, 0.25) is 0 Å². The van der Waals surface area contributed by atoms with Gasteiger partial charge in [0, 0.05) is 5.39 Å². The highest BCUT2D eigenvalue weighted by Crippen LogP contribution is 2.33. The number of aryl methyl sites for hydroxylation is 2. The number of carbonyl (C=O) groups excluding carboxylic acids is 1. The SMILES string of the molecule is Cc1cccc(C)c1OCC(=O)Nc1ccccc1-c1nc2ccc3ccccc3c2o1. The van der Waals surface area contributed by atoms with E-state index in [4.69, 9.17) is 9.15 Å². The number of amides is 1. The molecule has 0 atom stereocenters. The molecule has 158 valence electrons. The molecule has 0 unspecified atom stereocenters. The molecule has 0 aliphatic carbocycles. The number of hydrogen-bond donors (Lipinski definition) is 1. The van der Waals surface area contributed by atoms with Gasteiger partial charge in [0.05, 0.1) is 11.3 Å². The second kappa shape index (κ2) is 8.19. The van der Waals surface area contributed by atoms with Crippen LogP contribution >= 0.6 is 0 Å². The van der Waals surface area contributed by atoms with E-state index in [1.54, 1.807) is 0 Å². The van der Waals surface area contributed by atoms with Crippen molar-refractivity contribution < 1.29 is 13.9 Å². The summed E-state index contributed by atoms with van der Waals surface area (Å²) in [5, 5.41) is 5.03. The monoisotopic (exact) mass is 422 g/mol. The van der Waals surface area contributed by atoms with Crippen molar-refractivity contribution in [3.8, 4) is 17.2 Å². The van der Waals surface area contributed by atoms with Crippen LogP contribution in [-0.4, -0.2) is 17.5 Å². The summed E-state index contributed by atoms with van der Waals surface area (Å²) in [6.07, 6.45) is 0. The first kappa shape index (κ1) is 19.8. The summed E-state index contributed by atoms with van der Waals surface area (Å²) < 4.78 is 11.9. The first-order valence-electron chi connectivity index (χ1n) is 10.5. The standard InChI is InChI=1S/C27H22N2O3/c1-17-8-7-9-18(2)25(17)31-16-24(30)28-22-13-6-5-12-21(22)27-29-23-15-14-19-10-3-4-11-20(19)26(23)32-27/h3-15H,16H2,1-2H3,(H,28,30). The topological polar surface area (TPSA) is 64.4 Å². The number of anilines is 1. The maximum Gasteiger partial charge on any atom is 0.262 e. The van der Waals surface area contributed by atoms with Crippen LogP contribution in [0.1, 0.15) is 11.1 Å². The normalized spacial score (nSPS) is 11.1. The summed E-state index contributed by atoms with van der Waals surface area (Å²) in [7, 11) is 0. The van der Waals surface area contributed by atoms with Crippen LogP contribution in [0.4, 0.5) is 5.69 Å². The zero-order valence-electron chi connectivity index (χ0n) is 17.9. The molecule has 5 nitrogen and oxygen atoms in total. The van der Waals surface area contributed by atoms with Gasteiger partial charge in [-0.05, 0) is 48.6 Å². The van der Waals surface area contributed by atoms with E-state index in [1.807, 2.05) is 92.7 Å². The lowest BCUT2D eigenvalue weighted by molar-refractivity contribution is -0.118. The molecule has 0 saturated carbocycles. The molecule has 0 saturated heterocycles. The van der Waals surface area contributed by atoms with Crippen molar-refractivity contribution in [1.82, 2.24) is 4.98 Å². The predicted octanol–water partition coefficient (Wildman–Crippen LogP) is 6.28. The van der Waals surface area contributed by atoms with Crippen LogP contribution in [0.25, 0.3) is 33.3 Å². The van der Waals surface area contributed by atoms with Crippen LogP contribution in [0, 0.1) is 13.8 Å². The Morgan fingerprint density at radius 3 is 2.50 bits per heavy atom. The minimum absolute atomic E-state index is 0.0851. The zero-order chi connectivity index (χ0) is 22.1. The quantitative estimate of drug-likeness (QED) is 0.362. The third kappa shape index (κ3) is 3.69. The molecule has 0 bridgehead atoms. The maximum absolute atomic E-state index is 12.7. The molecular formula is C27H22N2O3. The van der Waals surface area contributed by atoms with Gasteiger partial charge in [0.2, 0.25) is 5.89 Å². The van der Waals surface area contributed by atoms with Crippen LogP contribution in [0.3, 0.4) is 0 Å². The van der Waals surface area contributed by atoms with Crippen LogP contribution in [0.5, 0.6) is 5.75 Å². The summed E-state index contributed by atoms with van der Waals surface area (Å²) in [6.45, 7) is 3.84. The van der Waals surface area contributed by atoms with Crippen molar-refractivity contribution in [3.05, 3.63) is 90.0 Å². The molecule has 0 radical (unpaired) electrons. The van der Waals surface area contributed by atoms with E-state index < -0.39 is 0 Å². The molecule has 5 heteroatoms. The largest absolute Gasteiger partial charge is 0.483 e. The van der Waals surface area contributed by atoms with Gasteiger partial charge in [0.1, 0.15) is 11.3 Å². The van der Waals surface area contributed by atoms with Crippen molar-refractivity contribution in [2.75, 3.05) is 11.9 Å². The van der Waals surface area contributed by atoms with E-state index in [2.05, 4.69) is 10.3 Å². The van der Waals surface area contributed by atoms with Crippen LogP contribution in [-0.2, 0) is 4.79 Å². The van der Waals surface area contributed by atoms with E-state index in [9.17, 15) is 4.79 Å². The average molecular weight is 422 g/mol. The van der Waals surface area contributed by atoms with Gasteiger partial charge in [-0.2, -0.15) is 0 Å². The molecule has 4 aromatic carbocycles. The van der Waals surface area contributed by atoms with Gasteiger partial charge in [-0.3, -0.25) is 4.79 Å². The number of benzene rings is 4. The van der Waals surface area contributed by atoms with E-state index in [-0.39, 0.29) is 12.5 Å². The van der Waals surface area contributed by atoms with E-state index in [0.717, 1.165) is 38.7 Å². The highest BCUT2D eigenvalue weighted by molar-refractivity contribution is 6.04. The Kier molecular flexibility index (Phi) is 5.07. The van der Waals surface area contributed by atoms with E-state index in [0.29, 0.717) is 17.1 Å². The molecular weight excluding hydrogens is 400 g/mol. The van der Waals surface area contributed by atoms with Gasteiger partial charge in [-0.15, -0.1) is 0 Å². The van der Waals surface area contributed by atoms with Gasteiger partial charge in [0.15, 0.2) is 12.2 Å². The maximum atomic E-state index is 12.7. The summed E-state index contributed by atoms with van der Waals surface area (Å²) in [5.74, 6) is 0.950. The fourth-order valence-electron chi connectivity index (χ4n) is 3.90. The second-order valence-electron chi connectivity index (χ2n) is 7.76. The number of fused-ring (bicyclic) bond motifs is 3. The molecule has 0 spiro atoms. The third-order valence-corrected chi connectivity index (χ3v) is 5.47. The molecule has 1 heterocycles. The third-order valence-electron chi connectivity index (χ3n) is 5.47. The molecule has 1 N–H and O–H groups in total. The zero-order valence-corrected chi connectivity index (χ0v) is 17.9. The van der Waals surface area contributed by atoms with E-state index in [1.165, 1.54) is 0 Å². The second-order valence-corrected chi connectivity index (χ2v) is 7.76. The van der Waals surface area contributed by atoms with Crippen molar-refractivity contribution >= 4 is 33.5 Å². The summed E-state index contributed by atoms with van der Waals surface area (Å²) >= 11 is 0. The van der Waals surface area contributed by atoms with Crippen molar-refractivity contribution in [1.29, 1.82) is 0 Å². The summed E-state index contributed by atoms with van der Waals surface area (Å²) in [6, 6.07) is 25.4. The highest BCUT2D eigenvalue weighted by atomic mass is 16.5. The predicted molar refractivity (Wildman–Crippen MR) is 127 cm³/mol. The Morgan fingerprint density at radius 2 is 1.66 bits per heavy atom. The Labute approximate surface area is 185 Å². The minimum atomic E-state index is -0.248. The number of carbonyl (C=O) groups is 1. The Hall–Kier alpha value is -4.12. The smallest absolute Gasteiger partial charge is 0.262 e. The number of rotatable bonds is 5. The molecule has 0 aliphatic rings. The number of nitrogens with zero attached hydrogens (tertiary/aromatic N) is 1. The van der Waals surface area contributed by atoms with Crippen LogP contribution < -0.4 is 10.1 Å². The Morgan fingerprint density at radius 1 is 0.906 bits per heavy atom.